The molecule has 1 amide bonds. The van der Waals surface area contributed by atoms with Crippen LogP contribution in [0.3, 0.4) is 0 Å². The van der Waals surface area contributed by atoms with E-state index in [9.17, 15) is 4.79 Å². The van der Waals surface area contributed by atoms with Gasteiger partial charge in [-0.15, -0.1) is 11.3 Å². The minimum atomic E-state index is -0.301. The molecule has 0 unspecified atom stereocenters. The second-order valence-corrected chi connectivity index (χ2v) is 6.03. The number of nitrogens with zero attached hydrogens (tertiary/aromatic N) is 1. The zero-order chi connectivity index (χ0) is 13.1. The summed E-state index contributed by atoms with van der Waals surface area (Å²) in [5.74, 6) is -0.156. The molecule has 0 bridgehead atoms. The standard InChI is InChI=1S/C12H20N2O2S/c1-6-9-8(2)17-11(13-9)14-10(15)7-16-12(3,4)5/h6-7H2,1-5H3,(H,13,14,15). The minimum absolute atomic E-state index is 0.0591. The molecule has 0 saturated carbocycles. The Bertz CT molecular complexity index is 394. The molecular weight excluding hydrogens is 236 g/mol. The molecule has 0 saturated heterocycles. The average Bonchev–Trinajstić information content (AvgIpc) is 2.55. The number of thiazole rings is 1. The van der Waals surface area contributed by atoms with Crippen LogP contribution in [0.25, 0.3) is 0 Å². The van der Waals surface area contributed by atoms with Crippen LogP contribution in [0.15, 0.2) is 0 Å². The van der Waals surface area contributed by atoms with Gasteiger partial charge in [0.25, 0.3) is 5.91 Å². The van der Waals surface area contributed by atoms with E-state index in [-0.39, 0.29) is 18.1 Å². The molecule has 1 aromatic heterocycles. The molecule has 1 heterocycles. The molecule has 5 heteroatoms. The smallest absolute Gasteiger partial charge is 0.252 e. The van der Waals surface area contributed by atoms with E-state index in [0.29, 0.717) is 5.13 Å². The predicted octanol–water partition coefficient (Wildman–Crippen LogP) is 2.77. The molecule has 0 radical (unpaired) electrons. The molecule has 1 N–H and O–H groups in total. The minimum Gasteiger partial charge on any atom is -0.366 e. The van der Waals surface area contributed by atoms with E-state index in [4.69, 9.17) is 4.74 Å². The fraction of sp³-hybridized carbons (Fsp3) is 0.667. The first-order valence-corrected chi connectivity index (χ1v) is 6.53. The lowest BCUT2D eigenvalue weighted by molar-refractivity contribution is -0.125. The van der Waals surface area contributed by atoms with Gasteiger partial charge in [0.2, 0.25) is 0 Å². The van der Waals surface area contributed by atoms with Gasteiger partial charge in [-0.05, 0) is 34.1 Å². The first-order valence-electron chi connectivity index (χ1n) is 5.72. The third-order valence-corrected chi connectivity index (χ3v) is 3.04. The van der Waals surface area contributed by atoms with E-state index in [1.165, 1.54) is 11.3 Å². The highest BCUT2D eigenvalue weighted by molar-refractivity contribution is 7.15. The van der Waals surface area contributed by atoms with Gasteiger partial charge in [0.15, 0.2) is 5.13 Å². The Labute approximate surface area is 106 Å². The van der Waals surface area contributed by atoms with Crippen molar-refractivity contribution in [2.45, 2.75) is 46.6 Å². The van der Waals surface area contributed by atoms with E-state index >= 15 is 0 Å². The predicted molar refractivity (Wildman–Crippen MR) is 70.6 cm³/mol. The molecule has 0 aliphatic rings. The van der Waals surface area contributed by atoms with Crippen molar-refractivity contribution < 1.29 is 9.53 Å². The topological polar surface area (TPSA) is 51.2 Å². The van der Waals surface area contributed by atoms with Gasteiger partial charge in [-0.25, -0.2) is 4.98 Å². The number of aryl methyl sites for hydroxylation is 2. The second-order valence-electron chi connectivity index (χ2n) is 4.82. The Hall–Kier alpha value is -0.940. The van der Waals surface area contributed by atoms with Crippen LogP contribution in [-0.4, -0.2) is 23.1 Å². The van der Waals surface area contributed by atoms with Crippen molar-refractivity contribution in [1.82, 2.24) is 4.98 Å². The van der Waals surface area contributed by atoms with Crippen LogP contribution in [0.4, 0.5) is 5.13 Å². The van der Waals surface area contributed by atoms with Gasteiger partial charge in [-0.1, -0.05) is 6.92 Å². The highest BCUT2D eigenvalue weighted by Crippen LogP contribution is 2.22. The third kappa shape index (κ3) is 4.83. The highest BCUT2D eigenvalue weighted by atomic mass is 32.1. The van der Waals surface area contributed by atoms with Crippen LogP contribution in [0, 0.1) is 6.92 Å². The van der Waals surface area contributed by atoms with E-state index in [1.54, 1.807) is 0 Å². The van der Waals surface area contributed by atoms with Gasteiger partial charge in [0.05, 0.1) is 11.3 Å². The first-order chi connectivity index (χ1) is 7.81. The fourth-order valence-corrected chi connectivity index (χ4v) is 2.17. The van der Waals surface area contributed by atoms with Gasteiger partial charge in [-0.2, -0.15) is 0 Å². The highest BCUT2D eigenvalue weighted by Gasteiger charge is 2.14. The molecule has 1 rings (SSSR count). The van der Waals surface area contributed by atoms with E-state index in [2.05, 4.69) is 17.2 Å². The summed E-state index contributed by atoms with van der Waals surface area (Å²) < 4.78 is 5.39. The summed E-state index contributed by atoms with van der Waals surface area (Å²) in [5.41, 5.74) is 0.743. The van der Waals surface area contributed by atoms with Crippen molar-refractivity contribution in [1.29, 1.82) is 0 Å². The van der Waals surface area contributed by atoms with Crippen LogP contribution in [0.2, 0.25) is 0 Å². The lowest BCUT2D eigenvalue weighted by atomic mass is 10.2. The van der Waals surface area contributed by atoms with Crippen LogP contribution in [0.1, 0.15) is 38.3 Å². The molecular formula is C12H20N2O2S. The van der Waals surface area contributed by atoms with E-state index < -0.39 is 0 Å². The zero-order valence-corrected chi connectivity index (χ0v) is 11.9. The molecule has 0 fully saturated rings. The van der Waals surface area contributed by atoms with Crippen LogP contribution >= 0.6 is 11.3 Å². The average molecular weight is 256 g/mol. The molecule has 0 spiro atoms. The van der Waals surface area contributed by atoms with Crippen molar-refractivity contribution >= 4 is 22.4 Å². The summed E-state index contributed by atoms with van der Waals surface area (Å²) >= 11 is 1.50. The lowest BCUT2D eigenvalue weighted by Gasteiger charge is -2.18. The number of ether oxygens (including phenoxy) is 1. The molecule has 96 valence electrons. The second kappa shape index (κ2) is 5.60. The number of rotatable bonds is 4. The van der Waals surface area contributed by atoms with Crippen molar-refractivity contribution in [2.75, 3.05) is 11.9 Å². The van der Waals surface area contributed by atoms with Crippen LogP contribution in [0.5, 0.6) is 0 Å². The first kappa shape index (κ1) is 14.1. The molecule has 0 aliphatic carbocycles. The van der Waals surface area contributed by atoms with Gasteiger partial charge >= 0.3 is 0 Å². The van der Waals surface area contributed by atoms with Gasteiger partial charge < -0.3 is 4.74 Å². The lowest BCUT2D eigenvalue weighted by Crippen LogP contribution is -2.27. The zero-order valence-electron chi connectivity index (χ0n) is 11.1. The SMILES string of the molecule is CCc1nc(NC(=O)COC(C)(C)C)sc1C. The maximum Gasteiger partial charge on any atom is 0.252 e. The van der Waals surface area contributed by atoms with Crippen LogP contribution < -0.4 is 5.32 Å². The fourth-order valence-electron chi connectivity index (χ4n) is 1.25. The Morgan fingerprint density at radius 2 is 2.12 bits per heavy atom. The number of carbonyl (C=O) groups is 1. The van der Waals surface area contributed by atoms with E-state index in [1.807, 2.05) is 27.7 Å². The Balaban J connectivity index is 2.50. The summed E-state index contributed by atoms with van der Waals surface area (Å²) in [6.45, 7) is 9.88. The maximum atomic E-state index is 11.6. The summed E-state index contributed by atoms with van der Waals surface area (Å²) in [5, 5.41) is 3.41. The van der Waals surface area contributed by atoms with E-state index in [0.717, 1.165) is 17.0 Å². The number of hydrogen-bond donors (Lipinski definition) is 1. The molecule has 0 aliphatic heterocycles. The van der Waals surface area contributed by atoms with Crippen molar-refractivity contribution in [3.8, 4) is 0 Å². The number of amides is 1. The van der Waals surface area contributed by atoms with Gasteiger partial charge in [0.1, 0.15) is 6.61 Å². The quantitative estimate of drug-likeness (QED) is 0.901. The number of anilines is 1. The molecule has 17 heavy (non-hydrogen) atoms. The van der Waals surface area contributed by atoms with Gasteiger partial charge in [0, 0.05) is 4.88 Å². The summed E-state index contributed by atoms with van der Waals surface area (Å²) in [6.07, 6.45) is 0.886. The summed E-state index contributed by atoms with van der Waals surface area (Å²) in [7, 11) is 0. The summed E-state index contributed by atoms with van der Waals surface area (Å²) in [4.78, 5) is 17.1. The number of hydrogen-bond acceptors (Lipinski definition) is 4. The maximum absolute atomic E-state index is 11.6. The Kier molecular flexibility index (Phi) is 4.65. The number of carbonyl (C=O) groups excluding carboxylic acids is 1. The number of nitrogens with one attached hydrogen (secondary N) is 1. The normalized spacial score (nSPS) is 11.6. The largest absolute Gasteiger partial charge is 0.366 e. The number of aromatic nitrogens is 1. The van der Waals surface area contributed by atoms with Gasteiger partial charge in [-0.3, -0.25) is 10.1 Å². The molecule has 0 atom stereocenters. The Morgan fingerprint density at radius 1 is 1.47 bits per heavy atom. The molecule has 1 aromatic rings. The monoisotopic (exact) mass is 256 g/mol. The van der Waals surface area contributed by atoms with Crippen molar-refractivity contribution in [3.05, 3.63) is 10.6 Å². The third-order valence-electron chi connectivity index (χ3n) is 2.11. The molecule has 4 nitrogen and oxygen atoms in total. The van der Waals surface area contributed by atoms with Crippen molar-refractivity contribution in [3.63, 3.8) is 0 Å². The Morgan fingerprint density at radius 3 is 2.59 bits per heavy atom. The summed E-state index contributed by atoms with van der Waals surface area (Å²) in [6, 6.07) is 0. The molecule has 0 aromatic carbocycles. The van der Waals surface area contributed by atoms with Crippen LogP contribution in [-0.2, 0) is 16.0 Å². The van der Waals surface area contributed by atoms with Crippen molar-refractivity contribution in [2.24, 2.45) is 0 Å².